The Morgan fingerprint density at radius 2 is 1.55 bits per heavy atom. The molecule has 0 aliphatic carbocycles. The number of anilines is 1. The maximum absolute atomic E-state index is 5.78. The second-order valence-corrected chi connectivity index (χ2v) is 9.17. The third kappa shape index (κ3) is 4.05. The van der Waals surface area contributed by atoms with E-state index in [1.165, 1.54) is 22.4 Å². The molecule has 3 aromatic carbocycles. The Labute approximate surface area is 185 Å². The van der Waals surface area contributed by atoms with Gasteiger partial charge >= 0.3 is 0 Å². The molecule has 160 valence electrons. The molecule has 1 heterocycles. The number of ether oxygens (including phenoxy) is 2. The molecule has 4 rings (SSSR count). The molecule has 0 bridgehead atoms. The van der Waals surface area contributed by atoms with Gasteiger partial charge in [-0.05, 0) is 57.5 Å². The first-order valence-corrected chi connectivity index (χ1v) is 10.7. The first-order chi connectivity index (χ1) is 14.8. The highest BCUT2D eigenvalue weighted by Gasteiger charge is 2.21. The van der Waals surface area contributed by atoms with Crippen LogP contribution in [0, 0.1) is 0 Å². The van der Waals surface area contributed by atoms with Gasteiger partial charge in [-0.2, -0.15) is 0 Å². The van der Waals surface area contributed by atoms with Gasteiger partial charge in [0.1, 0.15) is 0 Å². The summed E-state index contributed by atoms with van der Waals surface area (Å²) in [7, 11) is 5.54. The second kappa shape index (κ2) is 8.14. The first-order valence-electron chi connectivity index (χ1n) is 10.7. The average Bonchev–Trinajstić information content (AvgIpc) is 2.77. The molecule has 1 aliphatic heterocycles. The number of nitrogens with zero attached hydrogens (tertiary/aromatic N) is 1. The maximum atomic E-state index is 5.78. The molecule has 0 unspecified atom stereocenters. The number of fused-ring (bicyclic) bond motifs is 1. The van der Waals surface area contributed by atoms with Crippen LogP contribution in [0.2, 0.25) is 0 Å². The minimum atomic E-state index is 0.118. The van der Waals surface area contributed by atoms with Gasteiger partial charge in [-0.15, -0.1) is 0 Å². The molecule has 0 saturated carbocycles. The lowest BCUT2D eigenvalue weighted by molar-refractivity contribution is 0.356. The lowest BCUT2D eigenvalue weighted by Gasteiger charge is -2.28. The van der Waals surface area contributed by atoms with Gasteiger partial charge in [0.25, 0.3) is 0 Å². The Bertz CT molecular complexity index is 1120. The van der Waals surface area contributed by atoms with Crippen molar-refractivity contribution in [3.8, 4) is 22.6 Å². The Morgan fingerprint density at radius 3 is 2.19 bits per heavy atom. The topological polar surface area (TPSA) is 21.7 Å². The normalized spacial score (nSPS) is 13.5. The van der Waals surface area contributed by atoms with Crippen molar-refractivity contribution in [1.29, 1.82) is 0 Å². The smallest absolute Gasteiger partial charge is 0.168 e. The van der Waals surface area contributed by atoms with Gasteiger partial charge in [0.05, 0.1) is 14.2 Å². The fourth-order valence-electron chi connectivity index (χ4n) is 4.22. The summed E-state index contributed by atoms with van der Waals surface area (Å²) in [6.07, 6.45) is 2.28. The van der Waals surface area contributed by atoms with Gasteiger partial charge in [-0.3, -0.25) is 0 Å². The molecule has 3 heteroatoms. The van der Waals surface area contributed by atoms with Crippen LogP contribution in [-0.2, 0) is 5.41 Å². The van der Waals surface area contributed by atoms with Crippen molar-refractivity contribution >= 4 is 17.3 Å². The van der Waals surface area contributed by atoms with Gasteiger partial charge in [-0.1, -0.05) is 63.2 Å². The minimum absolute atomic E-state index is 0.118. The summed E-state index contributed by atoms with van der Waals surface area (Å²) in [6, 6.07) is 21.6. The highest BCUT2D eigenvalue weighted by atomic mass is 16.5. The van der Waals surface area contributed by atoms with Crippen molar-refractivity contribution in [2.75, 3.05) is 32.7 Å². The Kier molecular flexibility index (Phi) is 5.53. The molecule has 31 heavy (non-hydrogen) atoms. The fraction of sp³-hybridized carbons (Fsp3) is 0.286. The van der Waals surface area contributed by atoms with Crippen molar-refractivity contribution in [3.63, 3.8) is 0 Å². The number of para-hydroxylation sites is 1. The third-order valence-corrected chi connectivity index (χ3v) is 6.00. The Balaban J connectivity index is 1.84. The fourth-order valence-corrected chi connectivity index (χ4v) is 4.22. The zero-order valence-corrected chi connectivity index (χ0v) is 19.3. The van der Waals surface area contributed by atoms with Gasteiger partial charge in [0, 0.05) is 24.8 Å². The molecule has 0 fully saturated rings. The summed E-state index contributed by atoms with van der Waals surface area (Å²) in [5, 5.41) is 0. The molecule has 3 aromatic rings. The number of methoxy groups -OCH3 is 2. The van der Waals surface area contributed by atoms with Crippen molar-refractivity contribution in [2.24, 2.45) is 0 Å². The van der Waals surface area contributed by atoms with Crippen molar-refractivity contribution in [3.05, 3.63) is 77.4 Å². The van der Waals surface area contributed by atoms with E-state index < -0.39 is 0 Å². The van der Waals surface area contributed by atoms with E-state index in [2.05, 4.69) is 99.5 Å². The molecule has 0 N–H and O–H groups in total. The Morgan fingerprint density at radius 1 is 0.839 bits per heavy atom. The monoisotopic (exact) mass is 413 g/mol. The van der Waals surface area contributed by atoms with E-state index in [1.54, 1.807) is 14.2 Å². The van der Waals surface area contributed by atoms with Gasteiger partial charge < -0.3 is 14.4 Å². The van der Waals surface area contributed by atoms with Crippen molar-refractivity contribution in [1.82, 2.24) is 0 Å². The van der Waals surface area contributed by atoms with Crippen molar-refractivity contribution in [2.45, 2.75) is 26.2 Å². The zero-order valence-electron chi connectivity index (χ0n) is 19.3. The lowest BCUT2D eigenvalue weighted by Crippen LogP contribution is -2.23. The molecule has 0 atom stereocenters. The molecule has 0 aromatic heterocycles. The van der Waals surface area contributed by atoms with Crippen LogP contribution in [0.1, 0.15) is 37.5 Å². The number of hydrogen-bond donors (Lipinski definition) is 0. The first kappa shape index (κ1) is 21.0. The molecule has 0 amide bonds. The van der Waals surface area contributed by atoms with E-state index in [0.717, 1.165) is 34.7 Å². The number of hydrogen-bond acceptors (Lipinski definition) is 3. The molecular weight excluding hydrogens is 382 g/mol. The summed E-state index contributed by atoms with van der Waals surface area (Å²) < 4.78 is 11.5. The molecular formula is C28H31NO2. The Hall–Kier alpha value is -3.20. The van der Waals surface area contributed by atoms with Gasteiger partial charge in [0.2, 0.25) is 0 Å². The second-order valence-electron chi connectivity index (χ2n) is 9.17. The number of benzene rings is 3. The largest absolute Gasteiger partial charge is 0.493 e. The average molecular weight is 414 g/mol. The van der Waals surface area contributed by atoms with Gasteiger partial charge in [0.15, 0.2) is 11.5 Å². The maximum Gasteiger partial charge on any atom is 0.168 e. The molecule has 1 aliphatic rings. The van der Waals surface area contributed by atoms with E-state index >= 15 is 0 Å². The molecule has 0 radical (unpaired) electrons. The quantitative estimate of drug-likeness (QED) is 0.477. The van der Waals surface area contributed by atoms with E-state index in [1.807, 2.05) is 0 Å². The van der Waals surface area contributed by atoms with Crippen LogP contribution in [0.3, 0.4) is 0 Å². The molecule has 3 nitrogen and oxygen atoms in total. The van der Waals surface area contributed by atoms with Crippen LogP contribution >= 0.6 is 0 Å². The number of rotatable bonds is 4. The molecule has 0 saturated heterocycles. The van der Waals surface area contributed by atoms with Crippen LogP contribution in [0.15, 0.2) is 60.7 Å². The van der Waals surface area contributed by atoms with E-state index in [9.17, 15) is 0 Å². The van der Waals surface area contributed by atoms with Crippen LogP contribution in [0.25, 0.3) is 22.8 Å². The zero-order chi connectivity index (χ0) is 22.2. The minimum Gasteiger partial charge on any atom is -0.493 e. The summed E-state index contributed by atoms with van der Waals surface area (Å²) in [5.41, 5.74) is 8.49. The predicted octanol–water partition coefficient (Wildman–Crippen LogP) is 6.66. The van der Waals surface area contributed by atoms with Gasteiger partial charge in [-0.25, -0.2) is 0 Å². The van der Waals surface area contributed by atoms with Crippen LogP contribution in [0.4, 0.5) is 5.69 Å². The summed E-state index contributed by atoms with van der Waals surface area (Å²) in [4.78, 5) is 2.29. The van der Waals surface area contributed by atoms with E-state index in [4.69, 9.17) is 9.47 Å². The highest BCUT2D eigenvalue weighted by Crippen LogP contribution is 2.42. The summed E-state index contributed by atoms with van der Waals surface area (Å²) in [5.74, 6) is 1.51. The number of likely N-dealkylation sites (N-methyl/N-ethyl adjacent to an activating group) is 1. The van der Waals surface area contributed by atoms with Crippen LogP contribution in [-0.4, -0.2) is 27.8 Å². The van der Waals surface area contributed by atoms with E-state index in [0.29, 0.717) is 0 Å². The lowest BCUT2D eigenvalue weighted by atomic mass is 9.86. The van der Waals surface area contributed by atoms with Crippen molar-refractivity contribution < 1.29 is 9.47 Å². The molecule has 0 spiro atoms. The summed E-state index contributed by atoms with van der Waals surface area (Å²) in [6.45, 7) is 7.54. The van der Waals surface area contributed by atoms with E-state index in [-0.39, 0.29) is 5.41 Å². The van der Waals surface area contributed by atoms with Crippen LogP contribution in [0.5, 0.6) is 11.5 Å². The SMILES string of the molecule is COc1cc(C2=Cc3ccccc3N(C)C2)cc(-c2ccc(C(C)(C)C)cc2)c1OC. The predicted molar refractivity (Wildman–Crippen MR) is 131 cm³/mol. The summed E-state index contributed by atoms with van der Waals surface area (Å²) >= 11 is 0. The standard InChI is InChI=1S/C28H31NO2/c1-28(2,3)23-13-11-19(12-14-23)24-16-21(17-26(30-5)27(24)31-6)22-15-20-9-7-8-10-25(20)29(4)18-22/h7-17H,18H2,1-6H3. The third-order valence-electron chi connectivity index (χ3n) is 6.00. The van der Waals surface area contributed by atoms with Crippen LogP contribution < -0.4 is 14.4 Å². The highest BCUT2D eigenvalue weighted by molar-refractivity contribution is 5.93.